The molecule has 1 saturated carbocycles. The van der Waals surface area contributed by atoms with Crippen molar-refractivity contribution >= 4 is 11.8 Å². The van der Waals surface area contributed by atoms with Gasteiger partial charge in [-0.1, -0.05) is 12.8 Å². The second-order valence-corrected chi connectivity index (χ2v) is 5.51. The molecule has 1 aliphatic heterocycles. The molecule has 2 aliphatic rings. The van der Waals surface area contributed by atoms with E-state index in [0.717, 1.165) is 11.8 Å². The minimum absolute atomic E-state index is 0.609. The molecule has 0 aromatic heterocycles. The van der Waals surface area contributed by atoms with Gasteiger partial charge in [0.2, 0.25) is 0 Å². The van der Waals surface area contributed by atoms with Crippen LogP contribution in [0.4, 0.5) is 0 Å². The first-order chi connectivity index (χ1) is 6.42. The summed E-state index contributed by atoms with van der Waals surface area (Å²) in [7, 11) is 0. The van der Waals surface area contributed by atoms with Gasteiger partial charge in [0.25, 0.3) is 0 Å². The fraction of sp³-hybridized carbons (Fsp3) is 1.00. The number of hydrogen-bond acceptors (Lipinski definition) is 3. The van der Waals surface area contributed by atoms with Crippen molar-refractivity contribution in [1.82, 2.24) is 5.43 Å². The SMILES string of the molecule is NNC(C1CCCC1)C1CCSC1. The Hall–Kier alpha value is 0.270. The molecule has 3 heteroatoms. The van der Waals surface area contributed by atoms with Crippen molar-refractivity contribution in [2.75, 3.05) is 11.5 Å². The van der Waals surface area contributed by atoms with Gasteiger partial charge in [-0.15, -0.1) is 0 Å². The van der Waals surface area contributed by atoms with Crippen LogP contribution in [0.1, 0.15) is 32.1 Å². The molecule has 3 N–H and O–H groups in total. The molecule has 1 heterocycles. The summed E-state index contributed by atoms with van der Waals surface area (Å²) >= 11 is 2.09. The largest absolute Gasteiger partial charge is 0.271 e. The van der Waals surface area contributed by atoms with Gasteiger partial charge in [0.15, 0.2) is 0 Å². The number of thioether (sulfide) groups is 1. The molecule has 0 spiro atoms. The maximum atomic E-state index is 5.67. The molecule has 2 nitrogen and oxygen atoms in total. The van der Waals surface area contributed by atoms with Gasteiger partial charge >= 0.3 is 0 Å². The average molecular weight is 200 g/mol. The smallest absolute Gasteiger partial charge is 0.0275 e. The summed E-state index contributed by atoms with van der Waals surface area (Å²) in [6.07, 6.45) is 7.01. The summed E-state index contributed by atoms with van der Waals surface area (Å²) in [5.41, 5.74) is 3.07. The van der Waals surface area contributed by atoms with Gasteiger partial charge in [-0.2, -0.15) is 11.8 Å². The van der Waals surface area contributed by atoms with Crippen LogP contribution in [0.5, 0.6) is 0 Å². The Bertz CT molecular complexity index is 135. The Morgan fingerprint density at radius 3 is 2.46 bits per heavy atom. The topological polar surface area (TPSA) is 38.0 Å². The zero-order chi connectivity index (χ0) is 9.10. The van der Waals surface area contributed by atoms with Crippen molar-refractivity contribution in [3.05, 3.63) is 0 Å². The molecule has 2 unspecified atom stereocenters. The third kappa shape index (κ3) is 2.20. The van der Waals surface area contributed by atoms with Gasteiger partial charge in [0.1, 0.15) is 0 Å². The highest BCUT2D eigenvalue weighted by atomic mass is 32.2. The number of rotatable bonds is 3. The van der Waals surface area contributed by atoms with E-state index in [1.807, 2.05) is 0 Å². The van der Waals surface area contributed by atoms with Gasteiger partial charge in [-0.3, -0.25) is 11.3 Å². The quantitative estimate of drug-likeness (QED) is 0.538. The van der Waals surface area contributed by atoms with Gasteiger partial charge < -0.3 is 0 Å². The minimum Gasteiger partial charge on any atom is -0.271 e. The summed E-state index contributed by atoms with van der Waals surface area (Å²) in [5.74, 6) is 10.1. The Morgan fingerprint density at radius 2 is 1.92 bits per heavy atom. The van der Waals surface area contributed by atoms with Gasteiger partial charge in [0.05, 0.1) is 0 Å². The van der Waals surface area contributed by atoms with Gasteiger partial charge in [-0.05, 0) is 42.6 Å². The molecule has 76 valence electrons. The van der Waals surface area contributed by atoms with Crippen LogP contribution in [0, 0.1) is 11.8 Å². The van der Waals surface area contributed by atoms with Crippen LogP contribution in [0.25, 0.3) is 0 Å². The predicted molar refractivity (Wildman–Crippen MR) is 58.5 cm³/mol. The molecular formula is C10H20N2S. The van der Waals surface area contributed by atoms with Crippen LogP contribution in [-0.2, 0) is 0 Å². The molecule has 0 aromatic rings. The standard InChI is InChI=1S/C10H20N2S/c11-12-10(8-3-1-2-4-8)9-5-6-13-7-9/h8-10,12H,1-7,11H2. The predicted octanol–water partition coefficient (Wildman–Crippen LogP) is 1.76. The minimum atomic E-state index is 0.609. The first-order valence-corrected chi connectivity index (χ1v) is 6.61. The molecule has 0 amide bonds. The van der Waals surface area contributed by atoms with E-state index in [0.29, 0.717) is 6.04 Å². The van der Waals surface area contributed by atoms with Crippen molar-refractivity contribution in [3.63, 3.8) is 0 Å². The molecule has 0 radical (unpaired) electrons. The van der Waals surface area contributed by atoms with Crippen LogP contribution < -0.4 is 11.3 Å². The summed E-state index contributed by atoms with van der Waals surface area (Å²) in [6.45, 7) is 0. The van der Waals surface area contributed by atoms with Crippen molar-refractivity contribution in [2.24, 2.45) is 17.7 Å². The Labute approximate surface area is 85.0 Å². The van der Waals surface area contributed by atoms with Gasteiger partial charge in [0, 0.05) is 6.04 Å². The summed E-state index contributed by atoms with van der Waals surface area (Å²) in [4.78, 5) is 0. The number of nitrogens with two attached hydrogens (primary N) is 1. The second kappa shape index (κ2) is 4.67. The summed E-state index contributed by atoms with van der Waals surface area (Å²) in [5, 5.41) is 0. The third-order valence-electron chi connectivity index (χ3n) is 3.57. The van der Waals surface area contributed by atoms with E-state index in [1.165, 1.54) is 43.6 Å². The molecule has 0 bridgehead atoms. The third-order valence-corrected chi connectivity index (χ3v) is 4.76. The first kappa shape index (κ1) is 9.81. The molecular weight excluding hydrogens is 180 g/mol. The Morgan fingerprint density at radius 1 is 1.15 bits per heavy atom. The molecule has 2 atom stereocenters. The van der Waals surface area contributed by atoms with Crippen molar-refractivity contribution in [1.29, 1.82) is 0 Å². The van der Waals surface area contributed by atoms with E-state index >= 15 is 0 Å². The van der Waals surface area contributed by atoms with E-state index in [-0.39, 0.29) is 0 Å². The fourth-order valence-electron chi connectivity index (χ4n) is 2.81. The van der Waals surface area contributed by atoms with E-state index in [9.17, 15) is 0 Å². The van der Waals surface area contributed by atoms with Crippen LogP contribution in [0.15, 0.2) is 0 Å². The normalized spacial score (nSPS) is 32.5. The highest BCUT2D eigenvalue weighted by Crippen LogP contribution is 2.35. The lowest BCUT2D eigenvalue weighted by molar-refractivity contribution is 0.279. The van der Waals surface area contributed by atoms with Crippen molar-refractivity contribution < 1.29 is 0 Å². The summed E-state index contributed by atoms with van der Waals surface area (Å²) in [6, 6.07) is 0.609. The number of hydrogen-bond donors (Lipinski definition) is 2. The Balaban J connectivity index is 1.90. The lowest BCUT2D eigenvalue weighted by Crippen LogP contribution is -2.45. The molecule has 0 aromatic carbocycles. The Kier molecular flexibility index (Phi) is 3.52. The molecule has 13 heavy (non-hydrogen) atoms. The summed E-state index contributed by atoms with van der Waals surface area (Å²) < 4.78 is 0. The lowest BCUT2D eigenvalue weighted by atomic mass is 9.87. The van der Waals surface area contributed by atoms with E-state index < -0.39 is 0 Å². The second-order valence-electron chi connectivity index (χ2n) is 4.36. The lowest BCUT2D eigenvalue weighted by Gasteiger charge is -2.27. The maximum absolute atomic E-state index is 5.67. The number of nitrogens with one attached hydrogen (secondary N) is 1. The van der Waals surface area contributed by atoms with E-state index in [1.54, 1.807) is 0 Å². The molecule has 2 rings (SSSR count). The first-order valence-electron chi connectivity index (χ1n) is 5.45. The van der Waals surface area contributed by atoms with E-state index in [4.69, 9.17) is 5.84 Å². The number of hydrazine groups is 1. The molecule has 2 fully saturated rings. The van der Waals surface area contributed by atoms with Crippen LogP contribution in [-0.4, -0.2) is 17.5 Å². The van der Waals surface area contributed by atoms with Crippen molar-refractivity contribution in [3.8, 4) is 0 Å². The highest BCUT2D eigenvalue weighted by molar-refractivity contribution is 7.99. The monoisotopic (exact) mass is 200 g/mol. The zero-order valence-corrected chi connectivity index (χ0v) is 8.98. The molecule has 1 aliphatic carbocycles. The van der Waals surface area contributed by atoms with Crippen LogP contribution in [0.3, 0.4) is 0 Å². The maximum Gasteiger partial charge on any atom is 0.0275 e. The average Bonchev–Trinajstić information content (AvgIpc) is 2.76. The van der Waals surface area contributed by atoms with Crippen LogP contribution >= 0.6 is 11.8 Å². The highest BCUT2D eigenvalue weighted by Gasteiger charge is 2.32. The molecule has 1 saturated heterocycles. The van der Waals surface area contributed by atoms with Crippen molar-refractivity contribution in [2.45, 2.75) is 38.1 Å². The zero-order valence-electron chi connectivity index (χ0n) is 8.17. The fourth-order valence-corrected chi connectivity index (χ4v) is 4.12. The van der Waals surface area contributed by atoms with E-state index in [2.05, 4.69) is 17.2 Å². The van der Waals surface area contributed by atoms with Gasteiger partial charge in [-0.25, -0.2) is 0 Å². The van der Waals surface area contributed by atoms with Crippen LogP contribution in [0.2, 0.25) is 0 Å².